The lowest BCUT2D eigenvalue weighted by Crippen LogP contribution is -2.36. The van der Waals surface area contributed by atoms with E-state index in [1.807, 2.05) is 6.07 Å². The third-order valence-electron chi connectivity index (χ3n) is 7.66. The van der Waals surface area contributed by atoms with Crippen molar-refractivity contribution in [2.45, 2.75) is 37.3 Å². The molecule has 23 heteroatoms. The number of halogens is 3. The second-order valence-electron chi connectivity index (χ2n) is 11.3. The summed E-state index contributed by atoms with van der Waals surface area (Å²) in [4.78, 5) is 47.3. The molecular weight excluding hydrogens is 764 g/mol. The summed E-state index contributed by atoms with van der Waals surface area (Å²) < 4.78 is 102. The van der Waals surface area contributed by atoms with Crippen LogP contribution in [0, 0.1) is 0 Å². The van der Waals surface area contributed by atoms with E-state index in [1.165, 1.54) is 18.2 Å². The molecule has 17 nitrogen and oxygen atoms in total. The van der Waals surface area contributed by atoms with Crippen molar-refractivity contribution in [3.8, 4) is 11.3 Å². The molecule has 0 spiro atoms. The molecule has 6 rings (SSSR count). The monoisotopic (exact) mass is 791 g/mol. The molecule has 0 aliphatic carbocycles. The Morgan fingerprint density at radius 2 is 1.52 bits per heavy atom. The number of imidazole rings is 1. The number of nitrogens with zero attached hydrogens (tertiary/aromatic N) is 3. The minimum absolute atomic E-state index is 0.0121. The van der Waals surface area contributed by atoms with E-state index >= 15 is 0 Å². The Hall–Kier alpha value is -3.58. The zero-order chi connectivity index (χ0) is 37.6. The van der Waals surface area contributed by atoms with E-state index in [1.54, 1.807) is 36.4 Å². The molecule has 0 amide bonds. The molecule has 0 bridgehead atoms. The summed E-state index contributed by atoms with van der Waals surface area (Å²) in [5.41, 5.74) is -1.39. The Morgan fingerprint density at radius 1 is 0.827 bits per heavy atom. The Balaban J connectivity index is 1.08. The van der Waals surface area contributed by atoms with Gasteiger partial charge in [-0.3, -0.25) is 18.0 Å². The van der Waals surface area contributed by atoms with Crippen LogP contribution in [0.25, 0.3) is 27.7 Å². The van der Waals surface area contributed by atoms with Gasteiger partial charge in [-0.2, -0.15) is 21.8 Å². The van der Waals surface area contributed by atoms with Crippen LogP contribution in [0.3, 0.4) is 0 Å². The van der Waals surface area contributed by atoms with Crippen LogP contribution in [0.1, 0.15) is 17.4 Å². The van der Waals surface area contributed by atoms with Gasteiger partial charge in [0.15, 0.2) is 6.23 Å². The minimum atomic E-state index is -5.84. The first-order chi connectivity index (χ1) is 24.3. The van der Waals surface area contributed by atoms with Gasteiger partial charge in [-0.1, -0.05) is 48.5 Å². The molecule has 0 saturated carbocycles. The summed E-state index contributed by atoms with van der Waals surface area (Å²) in [6.07, 6.45) is -9.42. The van der Waals surface area contributed by atoms with Gasteiger partial charge in [-0.05, 0) is 40.6 Å². The molecule has 52 heavy (non-hydrogen) atoms. The number of hydrogen-bond acceptors (Lipinski definition) is 12. The van der Waals surface area contributed by atoms with E-state index in [0.29, 0.717) is 5.56 Å². The van der Waals surface area contributed by atoms with Crippen LogP contribution in [-0.2, 0) is 48.9 Å². The fraction of sp³-hybridized carbons (Fsp3) is 0.241. The maximum absolute atomic E-state index is 13.3. The van der Waals surface area contributed by atoms with Crippen LogP contribution in [0.4, 0.5) is 13.2 Å². The first kappa shape index (κ1) is 38.2. The van der Waals surface area contributed by atoms with Crippen LogP contribution in [0.5, 0.6) is 0 Å². The molecule has 1 aliphatic rings. The first-order valence-corrected chi connectivity index (χ1v) is 19.3. The van der Waals surface area contributed by atoms with E-state index in [0.717, 1.165) is 44.3 Å². The van der Waals surface area contributed by atoms with Crippen LogP contribution >= 0.6 is 23.5 Å². The van der Waals surface area contributed by atoms with E-state index < -0.39 is 78.7 Å². The van der Waals surface area contributed by atoms with Crippen LogP contribution < -0.4 is 5.69 Å². The molecule has 278 valence electrons. The fourth-order valence-corrected chi connectivity index (χ4v) is 8.76. The van der Waals surface area contributed by atoms with Gasteiger partial charge >= 0.3 is 35.3 Å². The van der Waals surface area contributed by atoms with Gasteiger partial charge in [-0.15, -0.1) is 0 Å². The molecule has 2 aromatic heterocycles. The second kappa shape index (κ2) is 14.3. The average molecular weight is 791 g/mol. The standard InChI is InChI=1S/C29H27F3N3O14P3/c30-29(31,32)21-7-3-6-20(13-21)22-14-35-24(33-22)10-11-34(28(35)38)27-26(37)25(36)23(47-27)16-46-51(41,42)49-52(43,44)48-50(39,40)45-15-17-8-9-18-4-1-2-5-19(18)12-17/h1-14,23,25-27,36-37H,15-16H2,(H,39,40)(H,41,42)(H,43,44)/t23-,25?,26?,27-/m1/s1. The van der Waals surface area contributed by atoms with Gasteiger partial charge in [0, 0.05) is 18.0 Å². The number of hydrogen-bond donors (Lipinski definition) is 5. The Bertz CT molecular complexity index is 2340. The third kappa shape index (κ3) is 8.62. The fourth-order valence-electron chi connectivity index (χ4n) is 5.26. The molecule has 5 aromatic rings. The average Bonchev–Trinajstić information content (AvgIpc) is 3.63. The van der Waals surface area contributed by atoms with Gasteiger partial charge in [0.2, 0.25) is 0 Å². The van der Waals surface area contributed by atoms with E-state index in [2.05, 4.69) is 18.1 Å². The van der Waals surface area contributed by atoms with Crippen LogP contribution in [-0.4, -0.2) is 63.8 Å². The lowest BCUT2D eigenvalue weighted by atomic mass is 10.1. The Morgan fingerprint density at radius 3 is 2.23 bits per heavy atom. The minimum Gasteiger partial charge on any atom is -0.387 e. The number of benzene rings is 3. The molecule has 1 fully saturated rings. The number of ether oxygens (including phenoxy) is 1. The first-order valence-electron chi connectivity index (χ1n) is 14.8. The summed E-state index contributed by atoms with van der Waals surface area (Å²) in [6.45, 7) is -1.67. The molecule has 3 aromatic carbocycles. The number of rotatable bonds is 12. The van der Waals surface area contributed by atoms with Gasteiger partial charge in [0.1, 0.15) is 24.0 Å². The zero-order valence-corrected chi connectivity index (χ0v) is 28.7. The van der Waals surface area contributed by atoms with Crippen LogP contribution in [0.2, 0.25) is 0 Å². The van der Waals surface area contributed by atoms with Gasteiger partial charge in [-0.25, -0.2) is 23.5 Å². The van der Waals surface area contributed by atoms with Gasteiger partial charge < -0.3 is 29.6 Å². The predicted octanol–water partition coefficient (Wildman–Crippen LogP) is 4.52. The maximum atomic E-state index is 13.3. The topological polar surface area (TPSA) is 238 Å². The molecule has 3 heterocycles. The molecule has 5 N–H and O–H groups in total. The quantitative estimate of drug-likeness (QED) is 0.109. The van der Waals surface area contributed by atoms with E-state index in [4.69, 9.17) is 9.26 Å². The van der Waals surface area contributed by atoms with Crippen molar-refractivity contribution in [2.24, 2.45) is 0 Å². The maximum Gasteiger partial charge on any atom is 0.490 e. The number of phosphoric ester groups is 2. The van der Waals surface area contributed by atoms with Crippen molar-refractivity contribution in [2.75, 3.05) is 6.61 Å². The highest BCUT2D eigenvalue weighted by atomic mass is 31.3. The Labute approximate surface area is 289 Å². The highest BCUT2D eigenvalue weighted by molar-refractivity contribution is 7.66. The smallest absolute Gasteiger partial charge is 0.387 e. The number of fused-ring (bicyclic) bond motifs is 2. The molecule has 1 aliphatic heterocycles. The predicted molar refractivity (Wildman–Crippen MR) is 172 cm³/mol. The SMILES string of the molecule is O=c1n([C@@H]2O[C@H](COP(=O)(O)OP(=O)(O)OP(=O)(O)OCc3ccc4ccccc4c3)C(O)C2O)ccc2nc(-c3cccc(C(F)(F)F)c3)cn12. The largest absolute Gasteiger partial charge is 0.490 e. The van der Waals surface area contributed by atoms with Crippen molar-refractivity contribution in [3.63, 3.8) is 0 Å². The second-order valence-corrected chi connectivity index (χ2v) is 15.9. The van der Waals surface area contributed by atoms with Crippen molar-refractivity contribution < 1.29 is 74.2 Å². The molecule has 0 radical (unpaired) electrons. The summed E-state index contributed by atoms with van der Waals surface area (Å²) in [7, 11) is -16.9. The summed E-state index contributed by atoms with van der Waals surface area (Å²) in [5.74, 6) is 0. The third-order valence-corrected chi connectivity index (χ3v) is 11.9. The van der Waals surface area contributed by atoms with Crippen molar-refractivity contribution >= 4 is 39.9 Å². The molecule has 1 saturated heterocycles. The number of aliphatic hydroxyl groups is 2. The lowest BCUT2D eigenvalue weighted by molar-refractivity contribution is -0.137. The number of aliphatic hydroxyl groups excluding tert-OH is 2. The zero-order valence-electron chi connectivity index (χ0n) is 26.0. The molecular formula is C29H27F3N3O14P3. The van der Waals surface area contributed by atoms with Crippen molar-refractivity contribution in [1.82, 2.24) is 14.0 Å². The van der Waals surface area contributed by atoms with Gasteiger partial charge in [0.05, 0.1) is 24.5 Å². The van der Waals surface area contributed by atoms with Crippen molar-refractivity contribution in [3.05, 3.63) is 107 Å². The number of phosphoric acid groups is 3. The Kier molecular flexibility index (Phi) is 10.5. The van der Waals surface area contributed by atoms with Crippen molar-refractivity contribution in [1.29, 1.82) is 0 Å². The summed E-state index contributed by atoms with van der Waals surface area (Å²) in [6, 6.07) is 17.5. The van der Waals surface area contributed by atoms with E-state index in [9.17, 15) is 56.6 Å². The summed E-state index contributed by atoms with van der Waals surface area (Å²) >= 11 is 0. The highest BCUT2D eigenvalue weighted by Gasteiger charge is 2.47. The lowest BCUT2D eigenvalue weighted by Gasteiger charge is -2.20. The van der Waals surface area contributed by atoms with Gasteiger partial charge in [0.25, 0.3) is 0 Å². The normalized spacial score (nSPS) is 23.0. The molecule has 7 atom stereocenters. The number of aromatic nitrogens is 3. The van der Waals surface area contributed by atoms with Crippen LogP contribution in [0.15, 0.2) is 90.0 Å². The summed E-state index contributed by atoms with van der Waals surface area (Å²) in [5, 5.41) is 22.8. The van der Waals surface area contributed by atoms with E-state index in [-0.39, 0.29) is 16.9 Å². The highest BCUT2D eigenvalue weighted by Crippen LogP contribution is 2.68. The molecule has 5 unspecified atom stereocenters. The number of alkyl halides is 3.